The van der Waals surface area contributed by atoms with Gasteiger partial charge in [-0.25, -0.2) is 4.98 Å². The Morgan fingerprint density at radius 1 is 1.07 bits per heavy atom. The van der Waals surface area contributed by atoms with Crippen molar-refractivity contribution in [1.82, 2.24) is 18.9 Å². The number of methoxy groups -OCH3 is 2. The van der Waals surface area contributed by atoms with Crippen LogP contribution in [0.3, 0.4) is 0 Å². The van der Waals surface area contributed by atoms with Gasteiger partial charge >= 0.3 is 0 Å². The summed E-state index contributed by atoms with van der Waals surface area (Å²) in [6, 6.07) is 13.4. The Balaban J connectivity index is 1.34. The first-order valence-electron chi connectivity index (χ1n) is 14.1. The number of hydrogen-bond donors (Lipinski definition) is 2. The van der Waals surface area contributed by atoms with Crippen molar-refractivity contribution in [1.29, 1.82) is 0 Å². The van der Waals surface area contributed by atoms with E-state index in [0.29, 0.717) is 29.0 Å². The van der Waals surface area contributed by atoms with E-state index in [1.165, 1.54) is 0 Å². The summed E-state index contributed by atoms with van der Waals surface area (Å²) in [5.74, 6) is 3.09. The Kier molecular flexibility index (Phi) is 7.13. The number of fused-ring (bicyclic) bond motifs is 2. The van der Waals surface area contributed by atoms with Crippen molar-refractivity contribution in [2.24, 2.45) is 18.7 Å². The van der Waals surface area contributed by atoms with E-state index in [4.69, 9.17) is 20.2 Å². The summed E-state index contributed by atoms with van der Waals surface area (Å²) < 4.78 is 15.3. The van der Waals surface area contributed by atoms with Crippen molar-refractivity contribution in [2.45, 2.75) is 38.5 Å². The second kappa shape index (κ2) is 10.9. The first-order valence-corrected chi connectivity index (χ1v) is 14.1. The number of benzene rings is 2. The monoisotopic (exact) mass is 552 g/mol. The largest absolute Gasteiger partial charge is 0.496 e. The first-order chi connectivity index (χ1) is 19.9. The van der Waals surface area contributed by atoms with Crippen LogP contribution in [0, 0.1) is 12.8 Å². The average Bonchev–Trinajstić information content (AvgIpc) is 3.56. The Labute approximate surface area is 239 Å². The molecule has 2 aromatic carbocycles. The summed E-state index contributed by atoms with van der Waals surface area (Å²) in [5.41, 5.74) is 11.6. The molecule has 6 rings (SSSR count). The highest BCUT2D eigenvalue weighted by atomic mass is 16.5. The fourth-order valence-corrected chi connectivity index (χ4v) is 6.22. The lowest BCUT2D eigenvalue weighted by Crippen LogP contribution is -2.21. The second-order valence-corrected chi connectivity index (χ2v) is 10.9. The number of rotatable bonds is 7. The van der Waals surface area contributed by atoms with Crippen LogP contribution in [0.25, 0.3) is 27.7 Å². The van der Waals surface area contributed by atoms with Crippen molar-refractivity contribution in [3.05, 3.63) is 72.1 Å². The molecule has 0 spiro atoms. The lowest BCUT2D eigenvalue weighted by atomic mass is 9.81. The fraction of sp³-hybridized carbons (Fsp3) is 0.344. The minimum Gasteiger partial charge on any atom is -0.496 e. The van der Waals surface area contributed by atoms with Crippen LogP contribution in [0.15, 0.2) is 54.9 Å². The predicted octanol–water partition coefficient (Wildman–Crippen LogP) is 5.70. The summed E-state index contributed by atoms with van der Waals surface area (Å²) in [6.07, 6.45) is 8.26. The molecule has 1 aliphatic rings. The number of aryl methyl sites for hydroxylation is 2. The number of aromatic nitrogens is 4. The van der Waals surface area contributed by atoms with Crippen LogP contribution in [-0.2, 0) is 7.05 Å². The van der Waals surface area contributed by atoms with E-state index in [-0.39, 0.29) is 5.91 Å². The molecule has 1 aliphatic carbocycles. The summed E-state index contributed by atoms with van der Waals surface area (Å²) in [5, 5.41) is 3.92. The summed E-state index contributed by atoms with van der Waals surface area (Å²) in [6.45, 7) is 2.76. The van der Waals surface area contributed by atoms with Gasteiger partial charge in [-0.2, -0.15) is 0 Å². The number of carbonyl (C=O) groups is 1. The van der Waals surface area contributed by atoms with Crippen LogP contribution < -0.4 is 20.5 Å². The van der Waals surface area contributed by atoms with Gasteiger partial charge in [-0.1, -0.05) is 12.1 Å². The molecule has 9 heteroatoms. The van der Waals surface area contributed by atoms with E-state index in [2.05, 4.69) is 14.7 Å². The normalized spacial score (nSPS) is 17.2. The van der Waals surface area contributed by atoms with Gasteiger partial charge in [0.2, 0.25) is 0 Å². The lowest BCUT2D eigenvalue weighted by Gasteiger charge is -2.26. The van der Waals surface area contributed by atoms with E-state index in [1.54, 1.807) is 14.2 Å². The molecule has 1 saturated carbocycles. The Bertz CT molecular complexity index is 1750. The highest BCUT2D eigenvalue weighted by molar-refractivity contribution is 6.08. The fourth-order valence-electron chi connectivity index (χ4n) is 6.22. The lowest BCUT2D eigenvalue weighted by molar-refractivity contribution is 0.101. The average molecular weight is 553 g/mol. The molecule has 0 aliphatic heterocycles. The molecule has 0 unspecified atom stereocenters. The van der Waals surface area contributed by atoms with Gasteiger partial charge in [0, 0.05) is 36.3 Å². The first kappa shape index (κ1) is 26.8. The molecule has 3 aromatic heterocycles. The third-order valence-electron chi connectivity index (χ3n) is 8.53. The highest BCUT2D eigenvalue weighted by Gasteiger charge is 2.27. The van der Waals surface area contributed by atoms with Crippen LogP contribution in [-0.4, -0.2) is 45.6 Å². The molecule has 0 bridgehead atoms. The maximum Gasteiger partial charge on any atom is 0.272 e. The molecule has 0 atom stereocenters. The highest BCUT2D eigenvalue weighted by Crippen LogP contribution is 2.39. The van der Waals surface area contributed by atoms with Gasteiger partial charge in [-0.15, -0.1) is 0 Å². The Hall–Kier alpha value is -4.37. The zero-order chi connectivity index (χ0) is 28.7. The van der Waals surface area contributed by atoms with E-state index in [1.807, 2.05) is 73.4 Å². The zero-order valence-electron chi connectivity index (χ0n) is 24.0. The van der Waals surface area contributed by atoms with Gasteiger partial charge in [0.15, 0.2) is 0 Å². The van der Waals surface area contributed by atoms with Crippen molar-refractivity contribution in [2.75, 3.05) is 26.1 Å². The molecular formula is C32H36N6O3. The van der Waals surface area contributed by atoms with Crippen LogP contribution in [0.4, 0.5) is 5.69 Å². The van der Waals surface area contributed by atoms with Crippen molar-refractivity contribution < 1.29 is 14.3 Å². The van der Waals surface area contributed by atoms with Crippen LogP contribution >= 0.6 is 0 Å². The van der Waals surface area contributed by atoms with E-state index in [9.17, 15) is 4.79 Å². The number of ether oxygens (including phenoxy) is 2. The SMILES string of the molecule is COc1cc(-c2nc(C3CCC(CN)CC3)n3ccnc(C)c23)ccc1NC(=O)c1cc2c(OC)cccc2n1C. The van der Waals surface area contributed by atoms with Gasteiger partial charge in [0.1, 0.15) is 23.0 Å². The van der Waals surface area contributed by atoms with Crippen molar-refractivity contribution in [3.8, 4) is 22.8 Å². The molecule has 1 fully saturated rings. The maximum atomic E-state index is 13.4. The number of carbonyl (C=O) groups excluding carboxylic acids is 1. The smallest absolute Gasteiger partial charge is 0.272 e. The summed E-state index contributed by atoms with van der Waals surface area (Å²) in [7, 11) is 5.11. The topological polar surface area (TPSA) is 109 Å². The molecule has 5 aromatic rings. The second-order valence-electron chi connectivity index (χ2n) is 10.9. The van der Waals surface area contributed by atoms with Crippen LogP contribution in [0.2, 0.25) is 0 Å². The number of amides is 1. The summed E-state index contributed by atoms with van der Waals surface area (Å²) in [4.78, 5) is 23.2. The number of nitrogens with one attached hydrogen (secondary N) is 1. The van der Waals surface area contributed by atoms with Crippen LogP contribution in [0.5, 0.6) is 11.5 Å². The number of hydrogen-bond acceptors (Lipinski definition) is 6. The minimum atomic E-state index is -0.236. The molecule has 1 amide bonds. The molecule has 3 N–H and O–H groups in total. The van der Waals surface area contributed by atoms with Gasteiger partial charge < -0.3 is 25.1 Å². The van der Waals surface area contributed by atoms with Gasteiger partial charge in [-0.3, -0.25) is 14.2 Å². The quantitative estimate of drug-likeness (QED) is 0.268. The molecule has 9 nitrogen and oxygen atoms in total. The van der Waals surface area contributed by atoms with Gasteiger partial charge in [0.25, 0.3) is 5.91 Å². The molecule has 0 radical (unpaired) electrons. The number of imidazole rings is 1. The summed E-state index contributed by atoms with van der Waals surface area (Å²) >= 11 is 0. The predicted molar refractivity (Wildman–Crippen MR) is 161 cm³/mol. The zero-order valence-corrected chi connectivity index (χ0v) is 24.0. The van der Waals surface area contributed by atoms with Gasteiger partial charge in [-0.05, 0) is 75.4 Å². The van der Waals surface area contributed by atoms with E-state index >= 15 is 0 Å². The molecule has 212 valence electrons. The molecule has 41 heavy (non-hydrogen) atoms. The molecule has 0 saturated heterocycles. The Morgan fingerprint density at radius 3 is 2.59 bits per heavy atom. The maximum absolute atomic E-state index is 13.4. The third kappa shape index (κ3) is 4.70. The number of nitrogens with zero attached hydrogens (tertiary/aromatic N) is 4. The third-order valence-corrected chi connectivity index (χ3v) is 8.53. The standard InChI is InChI=1S/C32H36N6O3/c1-19-30-29(36-31(38(30)15-14-34-19)21-10-8-20(18-33)9-11-21)22-12-13-24(28(16-22)41-4)35-32(39)26-17-23-25(37(26)2)6-5-7-27(23)40-3/h5-7,12-17,20-21H,8-11,18,33H2,1-4H3,(H,35,39). The minimum absolute atomic E-state index is 0.236. The van der Waals surface area contributed by atoms with Gasteiger partial charge in [0.05, 0.1) is 42.3 Å². The number of nitrogens with two attached hydrogens (primary N) is 1. The Morgan fingerprint density at radius 2 is 1.85 bits per heavy atom. The molecular weight excluding hydrogens is 516 g/mol. The van der Waals surface area contributed by atoms with E-state index in [0.717, 1.165) is 77.2 Å². The van der Waals surface area contributed by atoms with Crippen molar-refractivity contribution in [3.63, 3.8) is 0 Å². The molecule has 3 heterocycles. The van der Waals surface area contributed by atoms with Crippen molar-refractivity contribution >= 4 is 28.0 Å². The number of anilines is 1. The van der Waals surface area contributed by atoms with Crippen LogP contribution in [0.1, 0.15) is 53.6 Å². The van der Waals surface area contributed by atoms with E-state index < -0.39 is 0 Å².